The van der Waals surface area contributed by atoms with Crippen LogP contribution >= 0.6 is 0 Å². The van der Waals surface area contributed by atoms with Crippen molar-refractivity contribution in [3.63, 3.8) is 0 Å². The van der Waals surface area contributed by atoms with E-state index in [1.54, 1.807) is 18.9 Å². The lowest BCUT2D eigenvalue weighted by Crippen LogP contribution is -2.28. The molecule has 94 valence electrons. The summed E-state index contributed by atoms with van der Waals surface area (Å²) in [4.78, 5) is 24.3. The van der Waals surface area contributed by atoms with Gasteiger partial charge in [0.05, 0.1) is 11.8 Å². The van der Waals surface area contributed by atoms with Gasteiger partial charge >= 0.3 is 5.97 Å². The number of carboxylic acid groups (broad SMARTS) is 1. The molecule has 0 aromatic carbocycles. The molecular weight excluding hydrogens is 222 g/mol. The molecule has 1 aromatic rings. The fourth-order valence-electron chi connectivity index (χ4n) is 1.68. The number of carbonyl (C=O) groups is 2. The smallest absolute Gasteiger partial charge is 0.311 e. The Morgan fingerprint density at radius 3 is 2.65 bits per heavy atom. The van der Waals surface area contributed by atoms with E-state index in [1.807, 2.05) is 6.92 Å². The topological polar surface area (TPSA) is 70.8 Å². The number of aryl methyl sites for hydroxylation is 1. The van der Waals surface area contributed by atoms with Crippen LogP contribution in [-0.2, 0) is 11.2 Å². The molecule has 0 saturated carbocycles. The SMILES string of the molecule is CCCN(C)C(=O)c1c(C)coc1CC(=O)O. The first kappa shape index (κ1) is 13.3. The zero-order valence-electron chi connectivity index (χ0n) is 10.3. The van der Waals surface area contributed by atoms with E-state index in [2.05, 4.69) is 0 Å². The number of furan rings is 1. The maximum atomic E-state index is 12.1. The van der Waals surface area contributed by atoms with Gasteiger partial charge in [-0.05, 0) is 13.3 Å². The Hall–Kier alpha value is -1.78. The highest BCUT2D eigenvalue weighted by atomic mass is 16.4. The number of nitrogens with zero attached hydrogens (tertiary/aromatic N) is 1. The van der Waals surface area contributed by atoms with Gasteiger partial charge in [-0.25, -0.2) is 0 Å². The monoisotopic (exact) mass is 239 g/mol. The molecule has 1 heterocycles. The Kier molecular flexibility index (Phi) is 4.31. The van der Waals surface area contributed by atoms with Crippen molar-refractivity contribution in [3.05, 3.63) is 23.2 Å². The molecule has 5 nitrogen and oxygen atoms in total. The molecule has 0 unspecified atom stereocenters. The van der Waals surface area contributed by atoms with Crippen molar-refractivity contribution in [3.8, 4) is 0 Å². The largest absolute Gasteiger partial charge is 0.481 e. The van der Waals surface area contributed by atoms with E-state index in [9.17, 15) is 9.59 Å². The van der Waals surface area contributed by atoms with Gasteiger partial charge in [-0.1, -0.05) is 6.92 Å². The molecule has 0 bridgehead atoms. The molecule has 1 amide bonds. The third kappa shape index (κ3) is 3.09. The van der Waals surface area contributed by atoms with Crippen molar-refractivity contribution < 1.29 is 19.1 Å². The van der Waals surface area contributed by atoms with Gasteiger partial charge in [0.1, 0.15) is 12.2 Å². The Bertz CT molecular complexity index is 422. The van der Waals surface area contributed by atoms with Gasteiger partial charge in [0.25, 0.3) is 5.91 Å². The molecule has 0 fully saturated rings. The van der Waals surface area contributed by atoms with E-state index in [-0.39, 0.29) is 18.1 Å². The van der Waals surface area contributed by atoms with E-state index in [0.29, 0.717) is 17.7 Å². The summed E-state index contributed by atoms with van der Waals surface area (Å²) in [5, 5.41) is 8.74. The lowest BCUT2D eigenvalue weighted by molar-refractivity contribution is -0.136. The fraction of sp³-hybridized carbons (Fsp3) is 0.500. The van der Waals surface area contributed by atoms with Crippen LogP contribution in [0, 0.1) is 6.92 Å². The number of aliphatic carboxylic acids is 1. The van der Waals surface area contributed by atoms with Crippen LogP contribution in [-0.4, -0.2) is 35.5 Å². The summed E-state index contributed by atoms with van der Waals surface area (Å²) in [6.45, 7) is 4.35. The molecule has 5 heteroatoms. The highest BCUT2D eigenvalue weighted by molar-refractivity contribution is 5.97. The van der Waals surface area contributed by atoms with Crippen molar-refractivity contribution in [2.24, 2.45) is 0 Å². The van der Waals surface area contributed by atoms with Crippen LogP contribution in [0.4, 0.5) is 0 Å². The van der Waals surface area contributed by atoms with Crippen LogP contribution in [0.2, 0.25) is 0 Å². The normalized spacial score (nSPS) is 10.3. The van der Waals surface area contributed by atoms with E-state index in [1.165, 1.54) is 6.26 Å². The Labute approximate surface area is 100 Å². The van der Waals surface area contributed by atoms with E-state index >= 15 is 0 Å². The summed E-state index contributed by atoms with van der Waals surface area (Å²) in [6, 6.07) is 0. The average Bonchev–Trinajstić information content (AvgIpc) is 2.58. The maximum Gasteiger partial charge on any atom is 0.311 e. The third-order valence-electron chi connectivity index (χ3n) is 2.48. The van der Waals surface area contributed by atoms with Crippen LogP contribution in [0.1, 0.15) is 35.0 Å². The van der Waals surface area contributed by atoms with Crippen LogP contribution in [0.3, 0.4) is 0 Å². The summed E-state index contributed by atoms with van der Waals surface area (Å²) in [5.41, 5.74) is 1.05. The summed E-state index contributed by atoms with van der Waals surface area (Å²) < 4.78 is 5.13. The first-order valence-corrected chi connectivity index (χ1v) is 5.51. The minimum Gasteiger partial charge on any atom is -0.481 e. The number of rotatable bonds is 5. The summed E-state index contributed by atoms with van der Waals surface area (Å²) in [6.07, 6.45) is 2.01. The number of carboxylic acids is 1. The molecular formula is C12H17NO4. The fourth-order valence-corrected chi connectivity index (χ4v) is 1.68. The Morgan fingerprint density at radius 2 is 2.12 bits per heavy atom. The van der Waals surface area contributed by atoms with Gasteiger partial charge in [-0.15, -0.1) is 0 Å². The van der Waals surface area contributed by atoms with E-state index < -0.39 is 5.97 Å². The van der Waals surface area contributed by atoms with E-state index in [4.69, 9.17) is 9.52 Å². The quantitative estimate of drug-likeness (QED) is 0.848. The molecule has 1 N–H and O–H groups in total. The average molecular weight is 239 g/mol. The lowest BCUT2D eigenvalue weighted by atomic mass is 10.1. The zero-order chi connectivity index (χ0) is 13.0. The van der Waals surface area contributed by atoms with Crippen molar-refractivity contribution >= 4 is 11.9 Å². The first-order chi connectivity index (χ1) is 7.97. The predicted molar refractivity (Wildman–Crippen MR) is 62.0 cm³/mol. The molecule has 0 aliphatic rings. The van der Waals surface area contributed by atoms with Gasteiger partial charge in [0, 0.05) is 19.2 Å². The summed E-state index contributed by atoms with van der Waals surface area (Å²) in [7, 11) is 1.70. The second-order valence-electron chi connectivity index (χ2n) is 4.01. The lowest BCUT2D eigenvalue weighted by Gasteiger charge is -2.16. The van der Waals surface area contributed by atoms with Crippen molar-refractivity contribution in [1.82, 2.24) is 4.90 Å². The van der Waals surface area contributed by atoms with Gasteiger partial charge < -0.3 is 14.4 Å². The maximum absolute atomic E-state index is 12.1. The van der Waals surface area contributed by atoms with Crippen molar-refractivity contribution in [1.29, 1.82) is 0 Å². The molecule has 0 radical (unpaired) electrons. The number of hydrogen-bond donors (Lipinski definition) is 1. The van der Waals surface area contributed by atoms with Gasteiger partial charge in [-0.3, -0.25) is 9.59 Å². The Morgan fingerprint density at radius 1 is 1.47 bits per heavy atom. The van der Waals surface area contributed by atoms with Crippen molar-refractivity contribution in [2.45, 2.75) is 26.7 Å². The van der Waals surface area contributed by atoms with Crippen LogP contribution in [0.25, 0.3) is 0 Å². The number of hydrogen-bond acceptors (Lipinski definition) is 3. The van der Waals surface area contributed by atoms with Crippen LogP contribution < -0.4 is 0 Å². The highest BCUT2D eigenvalue weighted by Crippen LogP contribution is 2.19. The second kappa shape index (κ2) is 5.52. The predicted octanol–water partition coefficient (Wildman–Crippen LogP) is 1.70. The number of carbonyl (C=O) groups excluding carboxylic acids is 1. The van der Waals surface area contributed by atoms with Gasteiger partial charge in [-0.2, -0.15) is 0 Å². The van der Waals surface area contributed by atoms with Crippen LogP contribution in [0.5, 0.6) is 0 Å². The third-order valence-corrected chi connectivity index (χ3v) is 2.48. The standard InChI is InChI=1S/C12H17NO4/c1-4-5-13(3)12(16)11-8(2)7-17-9(11)6-10(14)15/h7H,4-6H2,1-3H3,(H,14,15). The summed E-state index contributed by atoms with van der Waals surface area (Å²) >= 11 is 0. The van der Waals surface area contributed by atoms with Gasteiger partial charge in [0.15, 0.2) is 0 Å². The molecule has 0 saturated heterocycles. The molecule has 17 heavy (non-hydrogen) atoms. The van der Waals surface area contributed by atoms with Crippen molar-refractivity contribution in [2.75, 3.05) is 13.6 Å². The van der Waals surface area contributed by atoms with Gasteiger partial charge in [0.2, 0.25) is 0 Å². The first-order valence-electron chi connectivity index (χ1n) is 5.51. The highest BCUT2D eigenvalue weighted by Gasteiger charge is 2.22. The molecule has 0 spiro atoms. The molecule has 1 aromatic heterocycles. The molecule has 0 aliphatic carbocycles. The van der Waals surface area contributed by atoms with E-state index in [0.717, 1.165) is 6.42 Å². The molecule has 0 aliphatic heterocycles. The minimum absolute atomic E-state index is 0.186. The second-order valence-corrected chi connectivity index (χ2v) is 4.01. The summed E-state index contributed by atoms with van der Waals surface area (Å²) in [5.74, 6) is -0.969. The molecule has 0 atom stereocenters. The zero-order valence-corrected chi connectivity index (χ0v) is 10.3. The minimum atomic E-state index is -1.01. The Balaban J connectivity index is 2.99. The number of amides is 1. The van der Waals surface area contributed by atoms with Crippen LogP contribution in [0.15, 0.2) is 10.7 Å². The molecule has 1 rings (SSSR count).